The van der Waals surface area contributed by atoms with Crippen molar-refractivity contribution in [3.63, 3.8) is 0 Å². The van der Waals surface area contributed by atoms with Gasteiger partial charge in [-0.3, -0.25) is 5.32 Å². The summed E-state index contributed by atoms with van der Waals surface area (Å²) in [5, 5.41) is 5.60. The number of amides is 2. The van der Waals surface area contributed by atoms with E-state index >= 15 is 0 Å². The number of nitrogens with zero attached hydrogens (tertiary/aromatic N) is 2. The molecule has 2 heterocycles. The summed E-state index contributed by atoms with van der Waals surface area (Å²) in [6.07, 6.45) is 0.446. The van der Waals surface area contributed by atoms with E-state index in [2.05, 4.69) is 20.0 Å². The summed E-state index contributed by atoms with van der Waals surface area (Å²) in [5.74, 6) is 0.658. The summed E-state index contributed by atoms with van der Waals surface area (Å²) in [7, 11) is -3.01. The molecule has 116 valence electrons. The molecule has 3 rings (SSSR count). The van der Waals surface area contributed by atoms with Gasteiger partial charge in [-0.25, -0.2) is 13.2 Å². The SMILES string of the molecule is O=C(Nc1nc(-c2ccccc2)ns1)NC1CCS(=O)(=O)C1. The van der Waals surface area contributed by atoms with Crippen molar-refractivity contribution in [3.8, 4) is 11.4 Å². The number of anilines is 1. The van der Waals surface area contributed by atoms with Crippen LogP contribution in [0.4, 0.5) is 9.93 Å². The Labute approximate surface area is 131 Å². The molecular weight excluding hydrogens is 324 g/mol. The second-order valence-electron chi connectivity index (χ2n) is 4.99. The topological polar surface area (TPSA) is 101 Å². The molecule has 0 aliphatic carbocycles. The van der Waals surface area contributed by atoms with Crippen LogP contribution in [0.25, 0.3) is 11.4 Å². The maximum Gasteiger partial charge on any atom is 0.321 e. The number of aromatic nitrogens is 2. The number of carbonyl (C=O) groups is 1. The molecule has 2 N–H and O–H groups in total. The van der Waals surface area contributed by atoms with Gasteiger partial charge in [0.05, 0.1) is 11.5 Å². The van der Waals surface area contributed by atoms with Crippen molar-refractivity contribution in [2.24, 2.45) is 0 Å². The first-order valence-corrected chi connectivity index (χ1v) is 9.28. The molecule has 22 heavy (non-hydrogen) atoms. The fraction of sp³-hybridized carbons (Fsp3) is 0.308. The standard InChI is InChI=1S/C13H14N4O3S2/c18-12(14-10-6-7-22(19,20)8-10)16-13-15-11(17-21-13)9-4-2-1-3-5-9/h1-5,10H,6-8H2,(H2,14,15,16,17,18). The smallest absolute Gasteiger partial charge is 0.321 e. The van der Waals surface area contributed by atoms with Crippen molar-refractivity contribution in [1.29, 1.82) is 0 Å². The molecular formula is C13H14N4O3S2. The average Bonchev–Trinajstić information content (AvgIpc) is 3.06. The molecule has 0 radical (unpaired) electrons. The van der Waals surface area contributed by atoms with Crippen LogP contribution in [0.3, 0.4) is 0 Å². The Morgan fingerprint density at radius 1 is 1.27 bits per heavy atom. The molecule has 1 aliphatic rings. The van der Waals surface area contributed by atoms with Gasteiger partial charge in [-0.1, -0.05) is 30.3 Å². The van der Waals surface area contributed by atoms with Gasteiger partial charge in [0, 0.05) is 23.1 Å². The van der Waals surface area contributed by atoms with E-state index in [0.717, 1.165) is 17.1 Å². The number of hydrogen-bond acceptors (Lipinski definition) is 6. The quantitative estimate of drug-likeness (QED) is 0.883. The third-order valence-electron chi connectivity index (χ3n) is 3.25. The van der Waals surface area contributed by atoms with E-state index in [4.69, 9.17) is 0 Å². The van der Waals surface area contributed by atoms with Crippen molar-refractivity contribution in [3.05, 3.63) is 30.3 Å². The summed E-state index contributed by atoms with van der Waals surface area (Å²) < 4.78 is 26.9. The van der Waals surface area contributed by atoms with Crippen LogP contribution in [0.15, 0.2) is 30.3 Å². The second-order valence-corrected chi connectivity index (χ2v) is 7.97. The fourth-order valence-electron chi connectivity index (χ4n) is 2.21. The maximum atomic E-state index is 11.8. The minimum atomic E-state index is -3.01. The molecule has 1 unspecified atom stereocenters. The summed E-state index contributed by atoms with van der Waals surface area (Å²) in [5.41, 5.74) is 0.870. The molecule has 1 aromatic heterocycles. The summed E-state index contributed by atoms with van der Waals surface area (Å²) in [6.45, 7) is 0. The molecule has 0 saturated carbocycles. The second kappa shape index (κ2) is 6.01. The Kier molecular flexibility index (Phi) is 4.08. The summed E-state index contributed by atoms with van der Waals surface area (Å²) in [4.78, 5) is 16.1. The van der Waals surface area contributed by atoms with Gasteiger partial charge in [-0.15, -0.1) is 0 Å². The molecule has 2 aromatic rings. The lowest BCUT2D eigenvalue weighted by Crippen LogP contribution is -2.38. The van der Waals surface area contributed by atoms with Gasteiger partial charge in [0.1, 0.15) is 0 Å². The van der Waals surface area contributed by atoms with Crippen LogP contribution < -0.4 is 10.6 Å². The number of benzene rings is 1. The zero-order valence-corrected chi connectivity index (χ0v) is 13.2. The molecule has 2 amide bonds. The van der Waals surface area contributed by atoms with Gasteiger partial charge in [0.25, 0.3) is 0 Å². The van der Waals surface area contributed by atoms with E-state index in [0.29, 0.717) is 17.4 Å². The predicted octanol–water partition coefficient (Wildman–Crippen LogP) is 1.51. The molecule has 1 atom stereocenters. The number of rotatable bonds is 3. The highest BCUT2D eigenvalue weighted by molar-refractivity contribution is 7.91. The van der Waals surface area contributed by atoms with Gasteiger partial charge < -0.3 is 5.32 Å². The van der Waals surface area contributed by atoms with E-state index in [9.17, 15) is 13.2 Å². The van der Waals surface area contributed by atoms with Crippen molar-refractivity contribution in [1.82, 2.24) is 14.7 Å². The number of urea groups is 1. The van der Waals surface area contributed by atoms with Crippen molar-refractivity contribution in [2.75, 3.05) is 16.8 Å². The maximum absolute atomic E-state index is 11.8. The minimum absolute atomic E-state index is 0.00813. The van der Waals surface area contributed by atoms with Gasteiger partial charge >= 0.3 is 6.03 Å². The number of sulfone groups is 1. The minimum Gasteiger partial charge on any atom is -0.334 e. The lowest BCUT2D eigenvalue weighted by Gasteiger charge is -2.10. The highest BCUT2D eigenvalue weighted by Crippen LogP contribution is 2.20. The first kappa shape index (κ1) is 14.9. The Morgan fingerprint density at radius 3 is 2.73 bits per heavy atom. The van der Waals surface area contributed by atoms with E-state index in [1.807, 2.05) is 30.3 Å². The Hall–Kier alpha value is -2.00. The molecule has 9 heteroatoms. The number of nitrogens with one attached hydrogen (secondary N) is 2. The van der Waals surface area contributed by atoms with Crippen molar-refractivity contribution >= 4 is 32.5 Å². The Morgan fingerprint density at radius 2 is 2.05 bits per heavy atom. The molecule has 0 spiro atoms. The van der Waals surface area contributed by atoms with Crippen molar-refractivity contribution < 1.29 is 13.2 Å². The largest absolute Gasteiger partial charge is 0.334 e. The Bertz CT molecular complexity index is 774. The summed E-state index contributed by atoms with van der Waals surface area (Å²) in [6, 6.07) is 8.64. The molecule has 1 aromatic carbocycles. The predicted molar refractivity (Wildman–Crippen MR) is 84.6 cm³/mol. The van der Waals surface area contributed by atoms with Crippen LogP contribution in [0.2, 0.25) is 0 Å². The van der Waals surface area contributed by atoms with E-state index in [1.54, 1.807) is 0 Å². The monoisotopic (exact) mass is 338 g/mol. The van der Waals surface area contributed by atoms with Crippen LogP contribution in [-0.4, -0.2) is 41.4 Å². The number of carbonyl (C=O) groups excluding carboxylic acids is 1. The van der Waals surface area contributed by atoms with Crippen LogP contribution >= 0.6 is 11.5 Å². The van der Waals surface area contributed by atoms with Crippen LogP contribution in [-0.2, 0) is 9.84 Å². The van der Waals surface area contributed by atoms with Crippen LogP contribution in [0.5, 0.6) is 0 Å². The van der Waals surface area contributed by atoms with E-state index in [1.165, 1.54) is 0 Å². The van der Waals surface area contributed by atoms with Gasteiger partial charge in [0.2, 0.25) is 5.13 Å². The highest BCUT2D eigenvalue weighted by Gasteiger charge is 2.29. The lowest BCUT2D eigenvalue weighted by molar-refractivity contribution is 0.249. The lowest BCUT2D eigenvalue weighted by atomic mass is 10.2. The number of hydrogen-bond donors (Lipinski definition) is 2. The molecule has 0 bridgehead atoms. The third kappa shape index (κ3) is 3.60. The Balaban J connectivity index is 1.60. The van der Waals surface area contributed by atoms with E-state index in [-0.39, 0.29) is 17.5 Å². The first-order chi connectivity index (χ1) is 10.5. The first-order valence-electron chi connectivity index (χ1n) is 6.69. The average molecular weight is 338 g/mol. The molecule has 1 fully saturated rings. The third-order valence-corrected chi connectivity index (χ3v) is 5.64. The van der Waals surface area contributed by atoms with Gasteiger partial charge in [-0.05, 0) is 6.42 Å². The summed E-state index contributed by atoms with van der Waals surface area (Å²) >= 11 is 1.08. The molecule has 7 nitrogen and oxygen atoms in total. The normalized spacial score (nSPS) is 19.7. The van der Waals surface area contributed by atoms with Gasteiger partial charge in [0.15, 0.2) is 15.7 Å². The zero-order valence-electron chi connectivity index (χ0n) is 11.5. The molecule has 1 saturated heterocycles. The highest BCUT2D eigenvalue weighted by atomic mass is 32.2. The fourth-order valence-corrected chi connectivity index (χ4v) is 4.46. The molecule has 1 aliphatic heterocycles. The van der Waals surface area contributed by atoms with Crippen molar-refractivity contribution in [2.45, 2.75) is 12.5 Å². The van der Waals surface area contributed by atoms with E-state index < -0.39 is 15.9 Å². The zero-order chi connectivity index (χ0) is 15.6. The van der Waals surface area contributed by atoms with Crippen LogP contribution in [0.1, 0.15) is 6.42 Å². The van der Waals surface area contributed by atoms with Gasteiger partial charge in [-0.2, -0.15) is 9.36 Å². The van der Waals surface area contributed by atoms with Crippen LogP contribution in [0, 0.1) is 0 Å².